The van der Waals surface area contributed by atoms with Gasteiger partial charge in [-0.2, -0.15) is 13.7 Å². The van der Waals surface area contributed by atoms with Crippen molar-refractivity contribution in [3.63, 3.8) is 0 Å². The molecule has 0 spiro atoms. The maximum Gasteiger partial charge on any atom is 0.264 e. The molecule has 0 amide bonds. The molecule has 0 radical (unpaired) electrons. The molecule has 0 aliphatic heterocycles. The lowest BCUT2D eigenvalue weighted by Gasteiger charge is -2.01. The van der Waals surface area contributed by atoms with E-state index in [0.29, 0.717) is 17.7 Å². The Morgan fingerprint density at radius 2 is 1.79 bits per heavy atom. The van der Waals surface area contributed by atoms with Crippen molar-refractivity contribution in [1.29, 1.82) is 5.26 Å². The molecule has 0 aliphatic carbocycles. The maximum atomic E-state index is 11.0. The van der Waals surface area contributed by atoms with Gasteiger partial charge in [0.05, 0.1) is 24.5 Å². The summed E-state index contributed by atoms with van der Waals surface area (Å²) < 4.78 is 32.4. The van der Waals surface area contributed by atoms with E-state index in [9.17, 15) is 8.42 Å². The monoisotopic (exact) mass is 341 g/mol. The summed E-state index contributed by atoms with van der Waals surface area (Å²) in [6, 6.07) is 17.2. The average molecular weight is 341 g/mol. The molecule has 0 saturated carbocycles. The number of nitriles is 1. The molecular weight excluding hydrogens is 326 g/mol. The first-order valence-electron chi connectivity index (χ1n) is 7.32. The van der Waals surface area contributed by atoms with Gasteiger partial charge in [-0.3, -0.25) is 4.18 Å². The van der Waals surface area contributed by atoms with Crippen LogP contribution in [-0.2, 0) is 20.7 Å². The molecule has 0 bridgehead atoms. The van der Waals surface area contributed by atoms with Crippen molar-refractivity contribution in [2.45, 2.75) is 6.42 Å². The third-order valence-electron chi connectivity index (χ3n) is 3.56. The lowest BCUT2D eigenvalue weighted by atomic mass is 10.0. The SMILES string of the molecule is CS(=O)(=O)OCCc1cc2ccc(-c3ccc(C#N)cc3)cc2o1. The van der Waals surface area contributed by atoms with Crippen molar-refractivity contribution in [3.05, 3.63) is 59.9 Å². The highest BCUT2D eigenvalue weighted by atomic mass is 32.2. The van der Waals surface area contributed by atoms with E-state index in [0.717, 1.165) is 28.4 Å². The van der Waals surface area contributed by atoms with E-state index >= 15 is 0 Å². The van der Waals surface area contributed by atoms with E-state index in [1.807, 2.05) is 36.4 Å². The third-order valence-corrected chi connectivity index (χ3v) is 4.16. The van der Waals surface area contributed by atoms with Crippen LogP contribution in [0.25, 0.3) is 22.1 Å². The van der Waals surface area contributed by atoms with Crippen molar-refractivity contribution in [3.8, 4) is 17.2 Å². The fourth-order valence-corrected chi connectivity index (χ4v) is 2.81. The third kappa shape index (κ3) is 3.82. The molecule has 0 unspecified atom stereocenters. The van der Waals surface area contributed by atoms with Crippen LogP contribution in [0.4, 0.5) is 0 Å². The molecule has 0 fully saturated rings. The zero-order valence-corrected chi connectivity index (χ0v) is 13.8. The van der Waals surface area contributed by atoms with E-state index in [1.54, 1.807) is 12.1 Å². The second kappa shape index (κ2) is 6.48. The van der Waals surface area contributed by atoms with Crippen LogP contribution in [0.15, 0.2) is 52.9 Å². The summed E-state index contributed by atoms with van der Waals surface area (Å²) in [6.45, 7) is 0.0567. The minimum atomic E-state index is -3.44. The van der Waals surface area contributed by atoms with E-state index in [4.69, 9.17) is 13.9 Å². The number of rotatable bonds is 5. The van der Waals surface area contributed by atoms with E-state index < -0.39 is 10.1 Å². The van der Waals surface area contributed by atoms with Gasteiger partial charge >= 0.3 is 0 Å². The molecule has 1 heterocycles. The average Bonchev–Trinajstić information content (AvgIpc) is 2.95. The van der Waals surface area contributed by atoms with Gasteiger partial charge in [-0.15, -0.1) is 0 Å². The molecule has 24 heavy (non-hydrogen) atoms. The highest BCUT2D eigenvalue weighted by molar-refractivity contribution is 7.85. The molecule has 0 saturated heterocycles. The Morgan fingerprint density at radius 1 is 1.08 bits per heavy atom. The van der Waals surface area contributed by atoms with Crippen LogP contribution in [0.2, 0.25) is 0 Å². The van der Waals surface area contributed by atoms with E-state index in [1.165, 1.54) is 0 Å². The Hall–Kier alpha value is -2.62. The first kappa shape index (κ1) is 16.2. The zero-order chi connectivity index (χ0) is 17.2. The zero-order valence-electron chi connectivity index (χ0n) is 13.0. The first-order chi connectivity index (χ1) is 11.4. The molecular formula is C18H15NO4S. The van der Waals surface area contributed by atoms with Gasteiger partial charge in [0.15, 0.2) is 0 Å². The lowest BCUT2D eigenvalue weighted by molar-refractivity contribution is 0.316. The van der Waals surface area contributed by atoms with Crippen molar-refractivity contribution in [2.75, 3.05) is 12.9 Å². The van der Waals surface area contributed by atoms with Crippen molar-refractivity contribution in [1.82, 2.24) is 0 Å². The predicted octanol–water partition coefficient (Wildman–Crippen LogP) is 3.49. The predicted molar refractivity (Wildman–Crippen MR) is 90.9 cm³/mol. The number of furan rings is 1. The quantitative estimate of drug-likeness (QED) is 0.664. The minimum Gasteiger partial charge on any atom is -0.461 e. The van der Waals surface area contributed by atoms with Crippen molar-refractivity contribution in [2.24, 2.45) is 0 Å². The van der Waals surface area contributed by atoms with Crippen LogP contribution in [0.5, 0.6) is 0 Å². The van der Waals surface area contributed by atoms with Gasteiger partial charge in [0.2, 0.25) is 0 Å². The van der Waals surface area contributed by atoms with E-state index in [2.05, 4.69) is 6.07 Å². The van der Waals surface area contributed by atoms with Crippen LogP contribution in [0.3, 0.4) is 0 Å². The fourth-order valence-electron chi connectivity index (χ4n) is 2.42. The van der Waals surface area contributed by atoms with Gasteiger partial charge in [-0.05, 0) is 35.4 Å². The van der Waals surface area contributed by atoms with Crippen LogP contribution < -0.4 is 0 Å². The van der Waals surface area contributed by atoms with Crippen molar-refractivity contribution < 1.29 is 17.0 Å². The van der Waals surface area contributed by atoms with Crippen LogP contribution in [0.1, 0.15) is 11.3 Å². The molecule has 122 valence electrons. The van der Waals surface area contributed by atoms with Crippen LogP contribution >= 0.6 is 0 Å². The summed E-state index contributed by atoms with van der Waals surface area (Å²) in [5.41, 5.74) is 3.33. The van der Waals surface area contributed by atoms with Crippen LogP contribution in [0, 0.1) is 11.3 Å². The number of fused-ring (bicyclic) bond motifs is 1. The summed E-state index contributed by atoms with van der Waals surface area (Å²) in [7, 11) is -3.44. The standard InChI is InChI=1S/C18H15NO4S/c1-24(20,21)22-9-8-17-10-16-7-6-15(11-18(16)23-17)14-4-2-13(12-19)3-5-14/h2-7,10-11H,8-9H2,1H3. The van der Waals surface area contributed by atoms with Gasteiger partial charge < -0.3 is 4.42 Å². The largest absolute Gasteiger partial charge is 0.461 e. The second-order valence-electron chi connectivity index (χ2n) is 5.43. The summed E-state index contributed by atoms with van der Waals surface area (Å²) in [4.78, 5) is 0. The molecule has 1 aromatic heterocycles. The maximum absolute atomic E-state index is 11.0. The molecule has 6 heteroatoms. The topological polar surface area (TPSA) is 80.3 Å². The Labute approximate surface area is 140 Å². The summed E-state index contributed by atoms with van der Waals surface area (Å²) >= 11 is 0. The number of hydrogen-bond acceptors (Lipinski definition) is 5. The van der Waals surface area contributed by atoms with Gasteiger partial charge in [0, 0.05) is 11.8 Å². The van der Waals surface area contributed by atoms with Crippen molar-refractivity contribution >= 4 is 21.1 Å². The summed E-state index contributed by atoms with van der Waals surface area (Å²) in [5, 5.41) is 9.80. The Kier molecular flexibility index (Phi) is 4.38. The summed E-state index contributed by atoms with van der Waals surface area (Å²) in [6.07, 6.45) is 1.41. The Balaban J connectivity index is 1.82. The first-order valence-corrected chi connectivity index (χ1v) is 9.14. The number of hydrogen-bond donors (Lipinski definition) is 0. The fraction of sp³-hybridized carbons (Fsp3) is 0.167. The molecule has 5 nitrogen and oxygen atoms in total. The van der Waals surface area contributed by atoms with Gasteiger partial charge in [0.25, 0.3) is 10.1 Å². The van der Waals surface area contributed by atoms with E-state index in [-0.39, 0.29) is 6.61 Å². The lowest BCUT2D eigenvalue weighted by Crippen LogP contribution is -2.05. The summed E-state index contributed by atoms with van der Waals surface area (Å²) in [5.74, 6) is 0.672. The number of benzene rings is 2. The highest BCUT2D eigenvalue weighted by Gasteiger charge is 2.08. The number of nitrogens with zero attached hydrogens (tertiary/aromatic N) is 1. The molecule has 0 atom stereocenters. The molecule has 3 rings (SSSR count). The molecule has 2 aromatic carbocycles. The van der Waals surface area contributed by atoms with Crippen LogP contribution in [-0.4, -0.2) is 21.3 Å². The van der Waals surface area contributed by atoms with Gasteiger partial charge in [-0.1, -0.05) is 24.3 Å². The van der Waals surface area contributed by atoms with Gasteiger partial charge in [0.1, 0.15) is 11.3 Å². The molecule has 3 aromatic rings. The second-order valence-corrected chi connectivity index (χ2v) is 7.07. The highest BCUT2D eigenvalue weighted by Crippen LogP contribution is 2.27. The minimum absolute atomic E-state index is 0.0567. The molecule has 0 N–H and O–H groups in total. The molecule has 0 aliphatic rings. The smallest absolute Gasteiger partial charge is 0.264 e. The van der Waals surface area contributed by atoms with Gasteiger partial charge in [-0.25, -0.2) is 0 Å². The Bertz CT molecular complexity index is 1010. The normalized spacial score (nSPS) is 11.5. The Morgan fingerprint density at radius 3 is 2.46 bits per heavy atom.